The second kappa shape index (κ2) is 7.74. The fraction of sp³-hybridized carbons (Fsp3) is 0.500. The molecule has 1 amide bonds. The Balaban J connectivity index is 2.92. The number of carbonyl (C=O) groups excluding carboxylic acids is 1. The van der Waals surface area contributed by atoms with Gasteiger partial charge in [-0.3, -0.25) is 4.79 Å². The summed E-state index contributed by atoms with van der Waals surface area (Å²) >= 11 is 0. The second-order valence-electron chi connectivity index (χ2n) is 4.43. The zero-order chi connectivity index (χ0) is 14.3. The van der Waals surface area contributed by atoms with Gasteiger partial charge >= 0.3 is 0 Å². The van der Waals surface area contributed by atoms with Crippen LogP contribution in [0, 0.1) is 5.82 Å². The van der Waals surface area contributed by atoms with E-state index in [1.165, 1.54) is 12.1 Å². The van der Waals surface area contributed by atoms with E-state index >= 15 is 0 Å². The zero-order valence-corrected chi connectivity index (χ0v) is 11.6. The molecule has 0 aliphatic carbocycles. The minimum Gasteiger partial charge on any atom is -0.368 e. The van der Waals surface area contributed by atoms with Crippen LogP contribution in [0.15, 0.2) is 18.2 Å². The summed E-state index contributed by atoms with van der Waals surface area (Å²) in [6, 6.07) is 4.61. The maximum absolute atomic E-state index is 13.3. The third kappa shape index (κ3) is 4.87. The Labute approximate surface area is 113 Å². The van der Waals surface area contributed by atoms with E-state index in [9.17, 15) is 9.18 Å². The van der Waals surface area contributed by atoms with Gasteiger partial charge in [-0.2, -0.15) is 0 Å². The predicted octanol–water partition coefficient (Wildman–Crippen LogP) is 1.64. The molecule has 5 heteroatoms. The molecule has 0 atom stereocenters. The number of nitrogens with one attached hydrogen (secondary N) is 1. The van der Waals surface area contributed by atoms with E-state index in [-0.39, 0.29) is 12.4 Å². The van der Waals surface area contributed by atoms with Gasteiger partial charge in [0, 0.05) is 18.8 Å². The van der Waals surface area contributed by atoms with Crippen molar-refractivity contribution in [2.24, 2.45) is 5.73 Å². The molecule has 0 unspecified atom stereocenters. The van der Waals surface area contributed by atoms with Gasteiger partial charge < -0.3 is 16.0 Å². The Hall–Kier alpha value is -1.62. The molecule has 0 aliphatic heterocycles. The first-order valence-electron chi connectivity index (χ1n) is 6.60. The van der Waals surface area contributed by atoms with Crippen molar-refractivity contribution >= 4 is 11.6 Å². The Morgan fingerprint density at radius 1 is 1.42 bits per heavy atom. The molecule has 0 bridgehead atoms. The zero-order valence-electron chi connectivity index (χ0n) is 11.6. The van der Waals surface area contributed by atoms with E-state index in [2.05, 4.69) is 12.2 Å². The number of carbonyl (C=O) groups is 1. The molecule has 0 fully saturated rings. The fourth-order valence-electron chi connectivity index (χ4n) is 1.96. The molecule has 106 valence electrons. The molecule has 1 rings (SSSR count). The minimum atomic E-state index is -0.390. The Bertz CT molecular complexity index is 423. The van der Waals surface area contributed by atoms with Gasteiger partial charge in [-0.15, -0.1) is 0 Å². The summed E-state index contributed by atoms with van der Waals surface area (Å²) in [5.74, 6) is -0.661. The average Bonchev–Trinajstić information content (AvgIpc) is 2.37. The fourth-order valence-corrected chi connectivity index (χ4v) is 1.96. The lowest BCUT2D eigenvalue weighted by atomic mass is 10.1. The average molecular weight is 267 g/mol. The lowest BCUT2D eigenvalue weighted by Crippen LogP contribution is -2.34. The van der Waals surface area contributed by atoms with Gasteiger partial charge in [-0.25, -0.2) is 4.39 Å². The van der Waals surface area contributed by atoms with Crippen molar-refractivity contribution in [1.29, 1.82) is 0 Å². The number of halogens is 1. The third-order valence-corrected chi connectivity index (χ3v) is 2.85. The first kappa shape index (κ1) is 15.4. The Morgan fingerprint density at radius 3 is 2.74 bits per heavy atom. The molecule has 0 aromatic heterocycles. The van der Waals surface area contributed by atoms with Crippen molar-refractivity contribution in [2.45, 2.75) is 26.8 Å². The molecule has 1 aromatic rings. The SMILES string of the molecule is CCCNCc1cc(F)ccc1N(CC)CC(N)=O. The van der Waals surface area contributed by atoms with Crippen LogP contribution in [0.25, 0.3) is 0 Å². The molecule has 3 N–H and O–H groups in total. The summed E-state index contributed by atoms with van der Waals surface area (Å²) in [5.41, 5.74) is 6.93. The monoisotopic (exact) mass is 267 g/mol. The smallest absolute Gasteiger partial charge is 0.236 e. The maximum Gasteiger partial charge on any atom is 0.236 e. The number of amides is 1. The molecule has 19 heavy (non-hydrogen) atoms. The molecule has 0 heterocycles. The molecule has 4 nitrogen and oxygen atoms in total. The summed E-state index contributed by atoms with van der Waals surface area (Å²) in [7, 11) is 0. The van der Waals surface area contributed by atoms with Crippen molar-refractivity contribution in [3.63, 3.8) is 0 Å². The predicted molar refractivity (Wildman–Crippen MR) is 75.5 cm³/mol. The molecule has 0 spiro atoms. The standard InChI is InChI=1S/C14H22FN3O/c1-3-7-17-9-11-8-12(15)5-6-13(11)18(4-2)10-14(16)19/h5-6,8,17H,3-4,7,9-10H2,1-2H3,(H2,16,19). The van der Waals surface area contributed by atoms with Crippen LogP contribution in [-0.4, -0.2) is 25.5 Å². The summed E-state index contributed by atoms with van der Waals surface area (Å²) in [4.78, 5) is 12.9. The van der Waals surface area contributed by atoms with Crippen LogP contribution < -0.4 is 16.0 Å². The summed E-state index contributed by atoms with van der Waals surface area (Å²) < 4.78 is 13.3. The van der Waals surface area contributed by atoms with Crippen molar-refractivity contribution < 1.29 is 9.18 Å². The molecule has 0 aliphatic rings. The molecule has 1 aromatic carbocycles. The molecular weight excluding hydrogens is 245 g/mol. The van der Waals surface area contributed by atoms with Gasteiger partial charge in [0.25, 0.3) is 0 Å². The van der Waals surface area contributed by atoms with Crippen LogP contribution in [0.5, 0.6) is 0 Å². The minimum absolute atomic E-state index is 0.142. The maximum atomic E-state index is 13.3. The van der Waals surface area contributed by atoms with E-state index in [1.54, 1.807) is 6.07 Å². The Kier molecular flexibility index (Phi) is 6.29. The number of likely N-dealkylation sites (N-methyl/N-ethyl adjacent to an activating group) is 1. The third-order valence-electron chi connectivity index (χ3n) is 2.85. The number of nitrogens with zero attached hydrogens (tertiary/aromatic N) is 1. The number of primary amides is 1. The van der Waals surface area contributed by atoms with E-state index in [1.807, 2.05) is 11.8 Å². The quantitative estimate of drug-likeness (QED) is 0.704. The number of hydrogen-bond donors (Lipinski definition) is 2. The van der Waals surface area contributed by atoms with Crippen molar-refractivity contribution in [2.75, 3.05) is 24.5 Å². The number of anilines is 1. The molecular formula is C14H22FN3O. The van der Waals surface area contributed by atoms with Gasteiger partial charge in [-0.1, -0.05) is 6.92 Å². The lowest BCUT2D eigenvalue weighted by molar-refractivity contribution is -0.116. The van der Waals surface area contributed by atoms with Crippen molar-refractivity contribution in [3.8, 4) is 0 Å². The highest BCUT2D eigenvalue weighted by atomic mass is 19.1. The van der Waals surface area contributed by atoms with Crippen LogP contribution in [0.1, 0.15) is 25.8 Å². The van der Waals surface area contributed by atoms with Crippen LogP contribution in [0.2, 0.25) is 0 Å². The largest absolute Gasteiger partial charge is 0.368 e. The number of nitrogens with two attached hydrogens (primary N) is 1. The molecule has 0 saturated heterocycles. The van der Waals surface area contributed by atoms with E-state index in [0.717, 1.165) is 24.2 Å². The summed E-state index contributed by atoms with van der Waals surface area (Å²) in [5, 5.41) is 3.24. The Morgan fingerprint density at radius 2 is 2.16 bits per heavy atom. The molecule has 0 saturated carbocycles. The van der Waals surface area contributed by atoms with Gasteiger partial charge in [0.05, 0.1) is 6.54 Å². The number of benzene rings is 1. The normalized spacial score (nSPS) is 10.5. The van der Waals surface area contributed by atoms with Gasteiger partial charge in [0.1, 0.15) is 5.82 Å². The highest BCUT2D eigenvalue weighted by Crippen LogP contribution is 2.21. The van der Waals surface area contributed by atoms with Crippen LogP contribution in [0.3, 0.4) is 0 Å². The first-order valence-corrected chi connectivity index (χ1v) is 6.60. The summed E-state index contributed by atoms with van der Waals surface area (Å²) in [6.07, 6.45) is 1.02. The highest BCUT2D eigenvalue weighted by molar-refractivity contribution is 5.79. The van der Waals surface area contributed by atoms with E-state index in [4.69, 9.17) is 5.73 Å². The number of hydrogen-bond acceptors (Lipinski definition) is 3. The lowest BCUT2D eigenvalue weighted by Gasteiger charge is -2.24. The highest BCUT2D eigenvalue weighted by Gasteiger charge is 2.12. The first-order chi connectivity index (χ1) is 9.08. The second-order valence-corrected chi connectivity index (χ2v) is 4.43. The van der Waals surface area contributed by atoms with E-state index < -0.39 is 5.91 Å². The number of rotatable bonds is 8. The van der Waals surface area contributed by atoms with Gasteiger partial charge in [0.15, 0.2) is 0 Å². The van der Waals surface area contributed by atoms with Crippen LogP contribution in [0.4, 0.5) is 10.1 Å². The topological polar surface area (TPSA) is 58.4 Å². The molecule has 0 radical (unpaired) electrons. The van der Waals surface area contributed by atoms with Crippen LogP contribution >= 0.6 is 0 Å². The van der Waals surface area contributed by atoms with E-state index in [0.29, 0.717) is 13.1 Å². The van der Waals surface area contributed by atoms with Gasteiger partial charge in [0.2, 0.25) is 5.91 Å². The van der Waals surface area contributed by atoms with Gasteiger partial charge in [-0.05, 0) is 43.7 Å². The summed E-state index contributed by atoms with van der Waals surface area (Å²) in [6.45, 7) is 6.26. The van der Waals surface area contributed by atoms with Crippen molar-refractivity contribution in [1.82, 2.24) is 5.32 Å². The van der Waals surface area contributed by atoms with Crippen molar-refractivity contribution in [3.05, 3.63) is 29.6 Å². The van der Waals surface area contributed by atoms with Crippen LogP contribution in [-0.2, 0) is 11.3 Å².